The minimum atomic E-state index is -4.16. The van der Waals surface area contributed by atoms with Crippen molar-refractivity contribution in [3.05, 3.63) is 33.8 Å². The van der Waals surface area contributed by atoms with Crippen LogP contribution >= 0.6 is 39.1 Å². The molecule has 0 N–H and O–H groups in total. The van der Waals surface area contributed by atoms with Crippen LogP contribution in [0.15, 0.2) is 18.2 Å². The van der Waals surface area contributed by atoms with E-state index in [1.165, 1.54) is 0 Å². The monoisotopic (exact) mass is 334 g/mol. The SMILES string of the molecule is FC(F)(F)CCC(Br)c1cc(Cl)ccc1Cl. The first kappa shape index (κ1) is 14.1. The van der Waals surface area contributed by atoms with Crippen LogP contribution in [0.1, 0.15) is 23.2 Å². The zero-order valence-corrected chi connectivity index (χ0v) is 11.1. The lowest BCUT2D eigenvalue weighted by Crippen LogP contribution is -2.08. The molecule has 0 radical (unpaired) electrons. The Kier molecular flexibility index (Phi) is 4.95. The smallest absolute Gasteiger partial charge is 0.171 e. The van der Waals surface area contributed by atoms with Crippen LogP contribution < -0.4 is 0 Å². The first-order valence-electron chi connectivity index (χ1n) is 4.45. The summed E-state index contributed by atoms with van der Waals surface area (Å²) in [6.45, 7) is 0. The highest BCUT2D eigenvalue weighted by molar-refractivity contribution is 9.09. The van der Waals surface area contributed by atoms with Crippen molar-refractivity contribution < 1.29 is 13.2 Å². The van der Waals surface area contributed by atoms with Crippen LogP contribution in [0.2, 0.25) is 10.0 Å². The van der Waals surface area contributed by atoms with Crippen molar-refractivity contribution in [2.45, 2.75) is 23.8 Å². The molecule has 0 aliphatic carbocycles. The predicted molar refractivity (Wildman–Crippen MR) is 63.4 cm³/mol. The van der Waals surface area contributed by atoms with Gasteiger partial charge in [-0.05, 0) is 30.2 Å². The van der Waals surface area contributed by atoms with E-state index in [-0.39, 0.29) is 6.42 Å². The third-order valence-corrected chi connectivity index (χ3v) is 3.51. The van der Waals surface area contributed by atoms with Gasteiger partial charge in [0.1, 0.15) is 0 Å². The maximum absolute atomic E-state index is 12.0. The molecule has 90 valence electrons. The van der Waals surface area contributed by atoms with E-state index >= 15 is 0 Å². The van der Waals surface area contributed by atoms with Gasteiger partial charge >= 0.3 is 6.18 Å². The number of hydrogen-bond donors (Lipinski definition) is 0. The van der Waals surface area contributed by atoms with Crippen molar-refractivity contribution >= 4 is 39.1 Å². The van der Waals surface area contributed by atoms with Crippen molar-refractivity contribution in [2.75, 3.05) is 0 Å². The fraction of sp³-hybridized carbons (Fsp3) is 0.400. The van der Waals surface area contributed by atoms with Gasteiger partial charge in [0.25, 0.3) is 0 Å². The van der Waals surface area contributed by atoms with Gasteiger partial charge in [-0.25, -0.2) is 0 Å². The average molecular weight is 336 g/mol. The van der Waals surface area contributed by atoms with Crippen LogP contribution in [0.4, 0.5) is 13.2 Å². The predicted octanol–water partition coefficient (Wildman–Crippen LogP) is 5.77. The molecular weight excluding hydrogens is 328 g/mol. The van der Waals surface area contributed by atoms with Gasteiger partial charge in [0, 0.05) is 21.3 Å². The fourth-order valence-electron chi connectivity index (χ4n) is 1.20. The molecule has 0 nitrogen and oxygen atoms in total. The standard InChI is InChI=1S/C10H8BrCl2F3/c11-8(3-4-10(14,15)16)7-5-6(12)1-2-9(7)13/h1-2,5,8H,3-4H2. The third-order valence-electron chi connectivity index (χ3n) is 1.98. The van der Waals surface area contributed by atoms with Crippen LogP contribution in [-0.2, 0) is 0 Å². The maximum atomic E-state index is 12.0. The van der Waals surface area contributed by atoms with Gasteiger partial charge in [0.2, 0.25) is 0 Å². The van der Waals surface area contributed by atoms with Crippen molar-refractivity contribution in [1.82, 2.24) is 0 Å². The minimum Gasteiger partial charge on any atom is -0.171 e. The zero-order valence-electron chi connectivity index (χ0n) is 7.99. The molecule has 1 aromatic carbocycles. The second-order valence-corrected chi connectivity index (χ2v) is 5.24. The van der Waals surface area contributed by atoms with Crippen LogP contribution in [0.3, 0.4) is 0 Å². The maximum Gasteiger partial charge on any atom is 0.389 e. The van der Waals surface area contributed by atoms with E-state index in [0.717, 1.165) is 0 Å². The van der Waals surface area contributed by atoms with Gasteiger partial charge in [0.15, 0.2) is 0 Å². The molecule has 0 aromatic heterocycles. The molecule has 1 unspecified atom stereocenters. The van der Waals surface area contributed by atoms with Gasteiger partial charge in [-0.3, -0.25) is 0 Å². The Morgan fingerprint density at radius 1 is 1.25 bits per heavy atom. The lowest BCUT2D eigenvalue weighted by molar-refractivity contribution is -0.135. The van der Waals surface area contributed by atoms with Gasteiger partial charge < -0.3 is 0 Å². The van der Waals surface area contributed by atoms with Gasteiger partial charge in [0.05, 0.1) is 0 Å². The number of benzene rings is 1. The normalized spacial score (nSPS) is 13.9. The highest BCUT2D eigenvalue weighted by Crippen LogP contribution is 2.37. The first-order chi connectivity index (χ1) is 7.29. The van der Waals surface area contributed by atoms with E-state index in [0.29, 0.717) is 15.6 Å². The van der Waals surface area contributed by atoms with E-state index in [9.17, 15) is 13.2 Å². The second kappa shape index (κ2) is 5.61. The van der Waals surface area contributed by atoms with Crippen LogP contribution in [0, 0.1) is 0 Å². The Hall–Kier alpha value is 0.0700. The molecule has 0 aliphatic rings. The summed E-state index contributed by atoms with van der Waals surface area (Å²) < 4.78 is 36.1. The van der Waals surface area contributed by atoms with E-state index in [2.05, 4.69) is 15.9 Å². The Morgan fingerprint density at radius 3 is 2.44 bits per heavy atom. The fourth-order valence-corrected chi connectivity index (χ4v) is 2.37. The molecule has 0 heterocycles. The van der Waals surface area contributed by atoms with Crippen molar-refractivity contribution in [3.63, 3.8) is 0 Å². The summed E-state index contributed by atoms with van der Waals surface area (Å²) in [5, 5.41) is 0.865. The number of hydrogen-bond acceptors (Lipinski definition) is 0. The number of halogens is 6. The van der Waals surface area contributed by atoms with E-state index in [1.807, 2.05) is 0 Å². The van der Waals surface area contributed by atoms with Gasteiger partial charge in [-0.2, -0.15) is 13.2 Å². The summed E-state index contributed by atoms with van der Waals surface area (Å²) in [4.78, 5) is -0.444. The molecule has 0 spiro atoms. The highest BCUT2D eigenvalue weighted by atomic mass is 79.9. The Balaban J connectivity index is 2.73. The molecular formula is C10H8BrCl2F3. The molecule has 0 saturated carbocycles. The summed E-state index contributed by atoms with van der Waals surface area (Å²) in [5.41, 5.74) is 0.582. The third kappa shape index (κ3) is 4.52. The molecule has 1 rings (SSSR count). The quantitative estimate of drug-likeness (QED) is 0.615. The van der Waals surface area contributed by atoms with Gasteiger partial charge in [-0.1, -0.05) is 39.1 Å². The molecule has 16 heavy (non-hydrogen) atoms. The topological polar surface area (TPSA) is 0 Å². The molecule has 1 atom stereocenters. The number of alkyl halides is 4. The molecule has 0 amide bonds. The largest absolute Gasteiger partial charge is 0.389 e. The summed E-state index contributed by atoms with van der Waals surface area (Å²) >= 11 is 14.8. The Bertz CT molecular complexity index is 366. The molecule has 0 fully saturated rings. The molecule has 1 aromatic rings. The lowest BCUT2D eigenvalue weighted by atomic mass is 10.1. The molecule has 0 bridgehead atoms. The average Bonchev–Trinajstić information content (AvgIpc) is 2.17. The zero-order chi connectivity index (χ0) is 12.3. The second-order valence-electron chi connectivity index (χ2n) is 3.29. The van der Waals surface area contributed by atoms with E-state index in [4.69, 9.17) is 23.2 Å². The molecule has 0 aliphatic heterocycles. The first-order valence-corrected chi connectivity index (χ1v) is 6.12. The van der Waals surface area contributed by atoms with E-state index < -0.39 is 17.4 Å². The lowest BCUT2D eigenvalue weighted by Gasteiger charge is -2.13. The minimum absolute atomic E-state index is 0.0659. The van der Waals surface area contributed by atoms with E-state index in [1.54, 1.807) is 18.2 Å². The van der Waals surface area contributed by atoms with Crippen molar-refractivity contribution in [3.8, 4) is 0 Å². The summed E-state index contributed by atoms with van der Waals surface area (Å²) in [5.74, 6) is 0. The molecule has 0 saturated heterocycles. The van der Waals surface area contributed by atoms with Gasteiger partial charge in [-0.15, -0.1) is 0 Å². The van der Waals surface area contributed by atoms with Crippen LogP contribution in [-0.4, -0.2) is 6.18 Å². The summed E-state index contributed by atoms with van der Waals surface area (Å²) in [7, 11) is 0. The Morgan fingerprint density at radius 2 is 1.88 bits per heavy atom. The summed E-state index contributed by atoms with van der Waals surface area (Å²) in [6, 6.07) is 4.73. The number of rotatable bonds is 3. The highest BCUT2D eigenvalue weighted by Gasteiger charge is 2.28. The Labute approximate surface area is 110 Å². The van der Waals surface area contributed by atoms with Crippen molar-refractivity contribution in [1.29, 1.82) is 0 Å². The van der Waals surface area contributed by atoms with Crippen molar-refractivity contribution in [2.24, 2.45) is 0 Å². The van der Waals surface area contributed by atoms with Crippen LogP contribution in [0.25, 0.3) is 0 Å². The van der Waals surface area contributed by atoms with Crippen LogP contribution in [0.5, 0.6) is 0 Å². The molecule has 6 heteroatoms. The summed E-state index contributed by atoms with van der Waals surface area (Å²) in [6.07, 6.45) is -5.08.